The van der Waals surface area contributed by atoms with Crippen molar-refractivity contribution in [1.82, 2.24) is 14.5 Å². The van der Waals surface area contributed by atoms with Crippen molar-refractivity contribution in [1.29, 1.82) is 0 Å². The van der Waals surface area contributed by atoms with E-state index in [-0.39, 0.29) is 5.91 Å². The fraction of sp³-hybridized carbons (Fsp3) is 0.292. The van der Waals surface area contributed by atoms with E-state index in [2.05, 4.69) is 4.98 Å². The maximum Gasteiger partial charge on any atom is 0.260 e. The molecule has 4 rings (SSSR count). The second-order valence-electron chi connectivity index (χ2n) is 7.36. The molecule has 4 aromatic rings. The van der Waals surface area contributed by atoms with Crippen molar-refractivity contribution in [2.24, 2.45) is 0 Å². The highest BCUT2D eigenvalue weighted by molar-refractivity contribution is 7.22. The molecule has 2 aromatic heterocycles. The second kappa shape index (κ2) is 10.4. The maximum absolute atomic E-state index is 13.8. The van der Waals surface area contributed by atoms with Crippen LogP contribution in [-0.4, -0.2) is 55.4 Å². The number of rotatable bonds is 10. The van der Waals surface area contributed by atoms with Crippen LogP contribution in [0.3, 0.4) is 0 Å². The smallest absolute Gasteiger partial charge is 0.260 e. The highest BCUT2D eigenvalue weighted by Gasteiger charge is 2.24. The number of ether oxygens (including phenoxy) is 4. The summed E-state index contributed by atoms with van der Waals surface area (Å²) in [7, 11) is 6.31. The molecule has 0 radical (unpaired) electrons. The first-order valence-corrected chi connectivity index (χ1v) is 11.4. The van der Waals surface area contributed by atoms with Crippen LogP contribution in [0, 0.1) is 0 Å². The lowest BCUT2D eigenvalue weighted by atomic mass is 10.1. The van der Waals surface area contributed by atoms with Crippen LogP contribution in [0.2, 0.25) is 0 Å². The van der Waals surface area contributed by atoms with Crippen LogP contribution in [0.4, 0.5) is 5.13 Å². The van der Waals surface area contributed by atoms with Crippen LogP contribution < -0.4 is 23.8 Å². The number of hydrogen-bond acceptors (Lipinski definition) is 8. The zero-order chi connectivity index (χ0) is 24.1. The number of fused-ring (bicyclic) bond motifs is 1. The first-order valence-electron chi connectivity index (χ1n) is 10.6. The largest absolute Gasteiger partial charge is 0.497 e. The van der Waals surface area contributed by atoms with Crippen molar-refractivity contribution in [2.45, 2.75) is 13.0 Å². The van der Waals surface area contributed by atoms with Gasteiger partial charge in [-0.1, -0.05) is 11.3 Å². The number of anilines is 1. The summed E-state index contributed by atoms with van der Waals surface area (Å²) in [6.45, 7) is 1.16. The number of carbonyl (C=O) groups excluding carboxylic acids is 1. The van der Waals surface area contributed by atoms with E-state index in [1.807, 2.05) is 22.9 Å². The fourth-order valence-corrected chi connectivity index (χ4v) is 4.69. The summed E-state index contributed by atoms with van der Waals surface area (Å²) in [5.41, 5.74) is 1.09. The Bertz CT molecular complexity index is 1210. The summed E-state index contributed by atoms with van der Waals surface area (Å²) in [5.74, 6) is 2.16. The number of thiazole rings is 1. The Labute approximate surface area is 201 Å². The molecule has 1 amide bonds. The third-order valence-corrected chi connectivity index (χ3v) is 6.42. The minimum atomic E-state index is -0.208. The molecule has 178 valence electrons. The SMILES string of the molecule is COc1cc(OC)cc(C(=O)N(CCCn2ccnc2)c2nc3c(OC)ccc(OC)c3s2)c1. The van der Waals surface area contributed by atoms with Crippen LogP contribution in [0.25, 0.3) is 10.2 Å². The van der Waals surface area contributed by atoms with Gasteiger partial charge in [-0.05, 0) is 30.7 Å². The highest BCUT2D eigenvalue weighted by Crippen LogP contribution is 2.40. The Morgan fingerprint density at radius 3 is 2.32 bits per heavy atom. The van der Waals surface area contributed by atoms with E-state index in [9.17, 15) is 4.79 Å². The Hall–Kier alpha value is -3.79. The van der Waals surface area contributed by atoms with Crippen molar-refractivity contribution >= 4 is 32.6 Å². The van der Waals surface area contributed by atoms with Gasteiger partial charge in [-0.15, -0.1) is 0 Å². The summed E-state index contributed by atoms with van der Waals surface area (Å²) < 4.78 is 24.5. The molecule has 9 nitrogen and oxygen atoms in total. The number of benzene rings is 2. The van der Waals surface area contributed by atoms with Crippen LogP contribution in [0.15, 0.2) is 49.1 Å². The van der Waals surface area contributed by atoms with Crippen molar-refractivity contribution in [2.75, 3.05) is 39.9 Å². The van der Waals surface area contributed by atoms with Gasteiger partial charge in [-0.25, -0.2) is 9.97 Å². The van der Waals surface area contributed by atoms with Crippen LogP contribution in [0.5, 0.6) is 23.0 Å². The molecule has 0 aliphatic rings. The quantitative estimate of drug-likeness (QED) is 0.334. The highest BCUT2D eigenvalue weighted by atomic mass is 32.1. The van der Waals surface area contributed by atoms with Gasteiger partial charge in [0.25, 0.3) is 5.91 Å². The number of aryl methyl sites for hydroxylation is 1. The van der Waals surface area contributed by atoms with Gasteiger partial charge < -0.3 is 23.5 Å². The number of hydrogen-bond donors (Lipinski definition) is 0. The Morgan fingerprint density at radius 1 is 1.00 bits per heavy atom. The molecule has 34 heavy (non-hydrogen) atoms. The molecule has 10 heteroatoms. The molecular weight excluding hydrogens is 456 g/mol. The molecule has 2 aromatic carbocycles. The zero-order valence-corrected chi connectivity index (χ0v) is 20.3. The Morgan fingerprint density at radius 2 is 1.71 bits per heavy atom. The minimum Gasteiger partial charge on any atom is -0.497 e. The summed E-state index contributed by atoms with van der Waals surface area (Å²) in [5, 5.41) is 0.551. The molecule has 0 saturated carbocycles. The van der Waals surface area contributed by atoms with Gasteiger partial charge in [-0.3, -0.25) is 9.69 Å². The van der Waals surface area contributed by atoms with E-state index in [0.29, 0.717) is 58.7 Å². The van der Waals surface area contributed by atoms with Crippen molar-refractivity contribution in [3.63, 3.8) is 0 Å². The Balaban J connectivity index is 1.74. The maximum atomic E-state index is 13.8. The average molecular weight is 483 g/mol. The van der Waals surface area contributed by atoms with E-state index in [0.717, 1.165) is 4.70 Å². The number of nitrogens with zero attached hydrogens (tertiary/aromatic N) is 4. The molecule has 2 heterocycles. The molecule has 0 atom stereocenters. The number of imidazole rings is 1. The van der Waals surface area contributed by atoms with E-state index < -0.39 is 0 Å². The minimum absolute atomic E-state index is 0.208. The normalized spacial score (nSPS) is 10.8. The lowest BCUT2D eigenvalue weighted by Crippen LogP contribution is -2.32. The van der Waals surface area contributed by atoms with Crippen molar-refractivity contribution < 1.29 is 23.7 Å². The monoisotopic (exact) mass is 482 g/mol. The molecular formula is C24H26N4O5S. The van der Waals surface area contributed by atoms with E-state index >= 15 is 0 Å². The van der Waals surface area contributed by atoms with Gasteiger partial charge in [0, 0.05) is 37.1 Å². The summed E-state index contributed by atoms with van der Waals surface area (Å²) in [6.07, 6.45) is 6.09. The topological polar surface area (TPSA) is 87.9 Å². The predicted octanol–water partition coefficient (Wildman–Crippen LogP) is 4.26. The van der Waals surface area contributed by atoms with Crippen LogP contribution in [-0.2, 0) is 6.54 Å². The van der Waals surface area contributed by atoms with Gasteiger partial charge in [0.05, 0.1) is 34.8 Å². The third kappa shape index (κ3) is 4.76. The molecule has 0 aliphatic heterocycles. The van der Waals surface area contributed by atoms with Gasteiger partial charge in [0.15, 0.2) is 5.13 Å². The lowest BCUT2D eigenvalue weighted by molar-refractivity contribution is 0.0985. The van der Waals surface area contributed by atoms with Crippen molar-refractivity contribution in [3.05, 3.63) is 54.6 Å². The number of aromatic nitrogens is 3. The Kier molecular flexibility index (Phi) is 7.17. The molecule has 0 N–H and O–H groups in total. The van der Waals surface area contributed by atoms with Gasteiger partial charge in [0.2, 0.25) is 0 Å². The molecule has 0 spiro atoms. The summed E-state index contributed by atoms with van der Waals surface area (Å²) in [4.78, 5) is 24.3. The second-order valence-corrected chi connectivity index (χ2v) is 8.33. The summed E-state index contributed by atoms with van der Waals surface area (Å²) in [6, 6.07) is 8.77. The third-order valence-electron chi connectivity index (χ3n) is 5.33. The van der Waals surface area contributed by atoms with Gasteiger partial charge >= 0.3 is 0 Å². The van der Waals surface area contributed by atoms with Crippen LogP contribution in [0.1, 0.15) is 16.8 Å². The molecule has 0 unspecified atom stereocenters. The van der Waals surface area contributed by atoms with E-state index in [1.165, 1.54) is 11.3 Å². The number of methoxy groups -OCH3 is 4. The molecule has 0 bridgehead atoms. The average Bonchev–Trinajstić information content (AvgIpc) is 3.55. The van der Waals surface area contributed by atoms with Crippen LogP contribution >= 0.6 is 11.3 Å². The fourth-order valence-electron chi connectivity index (χ4n) is 3.59. The first-order chi connectivity index (χ1) is 16.6. The first kappa shape index (κ1) is 23.4. The molecule has 0 saturated heterocycles. The van der Waals surface area contributed by atoms with Crippen molar-refractivity contribution in [3.8, 4) is 23.0 Å². The summed E-state index contributed by atoms with van der Waals surface area (Å²) >= 11 is 1.38. The predicted molar refractivity (Wildman–Crippen MR) is 131 cm³/mol. The number of amides is 1. The lowest BCUT2D eigenvalue weighted by Gasteiger charge is -2.21. The van der Waals surface area contributed by atoms with E-state index in [1.54, 1.807) is 64.1 Å². The number of carbonyl (C=O) groups is 1. The van der Waals surface area contributed by atoms with Gasteiger partial charge in [-0.2, -0.15) is 0 Å². The van der Waals surface area contributed by atoms with E-state index in [4.69, 9.17) is 23.9 Å². The standard InChI is InChI=1S/C24H26N4O5S/c1-30-17-12-16(13-18(14-17)31-2)23(29)28(10-5-9-27-11-8-25-15-27)24-26-21-19(32-3)6-7-20(33-4)22(21)34-24/h6-8,11-15H,5,9-10H2,1-4H3. The zero-order valence-electron chi connectivity index (χ0n) is 19.5. The molecule has 0 aliphatic carbocycles. The molecule has 0 fully saturated rings. The van der Waals surface area contributed by atoms with Gasteiger partial charge in [0.1, 0.15) is 33.2 Å².